The smallest absolute Gasteiger partial charge is 0.256 e. The van der Waals surface area contributed by atoms with Crippen molar-refractivity contribution in [3.63, 3.8) is 0 Å². The molecule has 1 saturated heterocycles. The molecule has 1 aromatic carbocycles. The first-order chi connectivity index (χ1) is 8.61. The third-order valence-electron chi connectivity index (χ3n) is 3.83. The molecule has 2 nitrogen and oxygen atoms in total. The van der Waals surface area contributed by atoms with Gasteiger partial charge in [0.15, 0.2) is 0 Å². The van der Waals surface area contributed by atoms with E-state index in [9.17, 15) is 9.18 Å². The number of benzene rings is 1. The van der Waals surface area contributed by atoms with Gasteiger partial charge < -0.3 is 4.90 Å². The molecule has 98 valence electrons. The van der Waals surface area contributed by atoms with Gasteiger partial charge in [0.05, 0.1) is 5.56 Å². The predicted octanol–water partition coefficient (Wildman–Crippen LogP) is 3.40. The molecule has 0 saturated carbocycles. The Hall–Kier alpha value is -1.38. The van der Waals surface area contributed by atoms with Crippen LogP contribution in [0.25, 0.3) is 0 Å². The van der Waals surface area contributed by atoms with Crippen LogP contribution in [-0.4, -0.2) is 23.9 Å². The van der Waals surface area contributed by atoms with Crippen LogP contribution in [0.3, 0.4) is 0 Å². The number of aryl methyl sites for hydroxylation is 1. The van der Waals surface area contributed by atoms with Crippen LogP contribution >= 0.6 is 0 Å². The van der Waals surface area contributed by atoms with E-state index < -0.39 is 5.82 Å². The number of likely N-dealkylation sites (tertiary alicyclic amines) is 1. The minimum Gasteiger partial charge on any atom is -0.339 e. The SMILES string of the molecule is CCC1CCN(C(=O)c2cc(C)ccc2F)CC1. The van der Waals surface area contributed by atoms with Crippen LogP contribution in [0.1, 0.15) is 42.1 Å². The lowest BCUT2D eigenvalue weighted by atomic mass is 9.94. The van der Waals surface area contributed by atoms with Crippen molar-refractivity contribution >= 4 is 5.91 Å². The first-order valence-electron chi connectivity index (χ1n) is 6.67. The van der Waals surface area contributed by atoms with Crippen LogP contribution in [-0.2, 0) is 0 Å². The third kappa shape index (κ3) is 2.71. The summed E-state index contributed by atoms with van der Waals surface area (Å²) in [6, 6.07) is 4.71. The summed E-state index contributed by atoms with van der Waals surface area (Å²) in [6.45, 7) is 5.57. The maximum absolute atomic E-state index is 13.7. The van der Waals surface area contributed by atoms with Crippen molar-refractivity contribution < 1.29 is 9.18 Å². The average molecular weight is 249 g/mol. The van der Waals surface area contributed by atoms with E-state index in [1.165, 1.54) is 12.5 Å². The summed E-state index contributed by atoms with van der Waals surface area (Å²) in [5, 5.41) is 0. The molecule has 0 bridgehead atoms. The number of amides is 1. The Kier molecular flexibility index (Phi) is 4.00. The molecule has 0 aliphatic carbocycles. The van der Waals surface area contributed by atoms with E-state index in [1.54, 1.807) is 17.0 Å². The van der Waals surface area contributed by atoms with Crippen LogP contribution in [0.5, 0.6) is 0 Å². The fourth-order valence-corrected chi connectivity index (χ4v) is 2.52. The molecule has 1 aliphatic rings. The van der Waals surface area contributed by atoms with Crippen molar-refractivity contribution in [2.75, 3.05) is 13.1 Å². The van der Waals surface area contributed by atoms with Crippen molar-refractivity contribution in [2.24, 2.45) is 5.92 Å². The number of carbonyl (C=O) groups is 1. The van der Waals surface area contributed by atoms with Crippen molar-refractivity contribution in [1.29, 1.82) is 0 Å². The van der Waals surface area contributed by atoms with Gasteiger partial charge in [-0.1, -0.05) is 25.0 Å². The van der Waals surface area contributed by atoms with Gasteiger partial charge in [0, 0.05) is 13.1 Å². The van der Waals surface area contributed by atoms with Crippen molar-refractivity contribution in [1.82, 2.24) is 4.90 Å². The van der Waals surface area contributed by atoms with E-state index in [1.807, 2.05) is 6.92 Å². The van der Waals surface area contributed by atoms with E-state index in [2.05, 4.69) is 6.92 Å². The van der Waals surface area contributed by atoms with Gasteiger partial charge in [-0.15, -0.1) is 0 Å². The standard InChI is InChI=1S/C15H20FNO/c1-3-12-6-8-17(9-7-12)15(18)13-10-11(2)4-5-14(13)16/h4-5,10,12H,3,6-9H2,1-2H3. The Morgan fingerprint density at radius 3 is 2.67 bits per heavy atom. The molecule has 2 rings (SSSR count). The molecule has 0 aromatic heterocycles. The Labute approximate surface area is 108 Å². The lowest BCUT2D eigenvalue weighted by molar-refractivity contribution is 0.0684. The highest BCUT2D eigenvalue weighted by Crippen LogP contribution is 2.22. The van der Waals surface area contributed by atoms with Gasteiger partial charge in [0.25, 0.3) is 5.91 Å². The van der Waals surface area contributed by atoms with Gasteiger partial charge in [0.1, 0.15) is 5.82 Å². The summed E-state index contributed by atoms with van der Waals surface area (Å²) in [5.74, 6) is 0.144. The lowest BCUT2D eigenvalue weighted by Crippen LogP contribution is -2.38. The largest absolute Gasteiger partial charge is 0.339 e. The molecule has 0 atom stereocenters. The molecule has 18 heavy (non-hydrogen) atoms. The van der Waals surface area contributed by atoms with Crippen LogP contribution in [0.4, 0.5) is 4.39 Å². The molecule has 0 spiro atoms. The fraction of sp³-hybridized carbons (Fsp3) is 0.533. The van der Waals surface area contributed by atoms with Gasteiger partial charge in [-0.2, -0.15) is 0 Å². The minimum absolute atomic E-state index is 0.161. The van der Waals surface area contributed by atoms with Crippen LogP contribution < -0.4 is 0 Å². The number of carbonyl (C=O) groups excluding carboxylic acids is 1. The molecule has 1 amide bonds. The Balaban J connectivity index is 2.10. The molecule has 1 aromatic rings. The molecule has 3 heteroatoms. The summed E-state index contributed by atoms with van der Waals surface area (Å²) in [6.07, 6.45) is 3.24. The van der Waals surface area contributed by atoms with Crippen LogP contribution in [0.2, 0.25) is 0 Å². The van der Waals surface area contributed by atoms with Crippen LogP contribution in [0.15, 0.2) is 18.2 Å². The zero-order valence-corrected chi connectivity index (χ0v) is 11.1. The number of rotatable bonds is 2. The molecule has 0 radical (unpaired) electrons. The molecular formula is C15H20FNO. The van der Waals surface area contributed by atoms with E-state index >= 15 is 0 Å². The normalized spacial score (nSPS) is 16.9. The van der Waals surface area contributed by atoms with E-state index in [0.29, 0.717) is 0 Å². The lowest BCUT2D eigenvalue weighted by Gasteiger charge is -2.31. The zero-order valence-electron chi connectivity index (χ0n) is 11.1. The minimum atomic E-state index is -0.414. The summed E-state index contributed by atoms with van der Waals surface area (Å²) < 4.78 is 13.7. The molecule has 1 heterocycles. The second-order valence-electron chi connectivity index (χ2n) is 5.13. The highest BCUT2D eigenvalue weighted by molar-refractivity contribution is 5.94. The topological polar surface area (TPSA) is 20.3 Å². The molecular weight excluding hydrogens is 229 g/mol. The number of hydrogen-bond donors (Lipinski definition) is 0. The summed E-state index contributed by atoms with van der Waals surface area (Å²) in [4.78, 5) is 14.0. The van der Waals surface area contributed by atoms with Crippen molar-refractivity contribution in [3.05, 3.63) is 35.1 Å². The number of hydrogen-bond acceptors (Lipinski definition) is 1. The van der Waals surface area contributed by atoms with Gasteiger partial charge >= 0.3 is 0 Å². The fourth-order valence-electron chi connectivity index (χ4n) is 2.52. The Morgan fingerprint density at radius 1 is 1.39 bits per heavy atom. The highest BCUT2D eigenvalue weighted by atomic mass is 19.1. The van der Waals surface area contributed by atoms with Crippen molar-refractivity contribution in [2.45, 2.75) is 33.1 Å². The number of piperidine rings is 1. The van der Waals surface area contributed by atoms with Crippen LogP contribution in [0, 0.1) is 18.7 Å². The van der Waals surface area contributed by atoms with E-state index in [0.717, 1.165) is 37.4 Å². The zero-order chi connectivity index (χ0) is 13.1. The third-order valence-corrected chi connectivity index (χ3v) is 3.83. The second kappa shape index (κ2) is 5.51. The van der Waals surface area contributed by atoms with Gasteiger partial charge in [-0.3, -0.25) is 4.79 Å². The Bertz CT molecular complexity index is 436. The van der Waals surface area contributed by atoms with Gasteiger partial charge in [0.2, 0.25) is 0 Å². The second-order valence-corrected chi connectivity index (χ2v) is 5.13. The summed E-state index contributed by atoms with van der Waals surface area (Å²) in [7, 11) is 0. The number of nitrogens with zero attached hydrogens (tertiary/aromatic N) is 1. The molecule has 1 aliphatic heterocycles. The van der Waals surface area contributed by atoms with Gasteiger partial charge in [-0.25, -0.2) is 4.39 Å². The quantitative estimate of drug-likeness (QED) is 0.786. The van der Waals surface area contributed by atoms with E-state index in [4.69, 9.17) is 0 Å². The average Bonchev–Trinajstić information content (AvgIpc) is 2.41. The maximum atomic E-state index is 13.7. The van der Waals surface area contributed by atoms with Gasteiger partial charge in [-0.05, 0) is 37.8 Å². The highest BCUT2D eigenvalue weighted by Gasteiger charge is 2.24. The number of halogens is 1. The monoisotopic (exact) mass is 249 g/mol. The first-order valence-corrected chi connectivity index (χ1v) is 6.67. The van der Waals surface area contributed by atoms with E-state index in [-0.39, 0.29) is 11.5 Å². The maximum Gasteiger partial charge on any atom is 0.256 e. The molecule has 0 unspecified atom stereocenters. The summed E-state index contributed by atoms with van der Waals surface area (Å²) >= 11 is 0. The molecule has 0 N–H and O–H groups in total. The summed E-state index contributed by atoms with van der Waals surface area (Å²) in [5.41, 5.74) is 1.13. The van der Waals surface area contributed by atoms with Crippen molar-refractivity contribution in [3.8, 4) is 0 Å². The Morgan fingerprint density at radius 2 is 2.06 bits per heavy atom. The molecule has 1 fully saturated rings. The predicted molar refractivity (Wildman–Crippen MR) is 70.1 cm³/mol. The first kappa shape index (κ1) is 13.1.